The van der Waals surface area contributed by atoms with Gasteiger partial charge in [0.25, 0.3) is 0 Å². The van der Waals surface area contributed by atoms with E-state index in [1.165, 1.54) is 11.0 Å². The van der Waals surface area contributed by atoms with Crippen LogP contribution in [0.4, 0.5) is 10.5 Å². The van der Waals surface area contributed by atoms with E-state index in [1.54, 1.807) is 19.2 Å². The number of halogens is 1. The van der Waals surface area contributed by atoms with Crippen molar-refractivity contribution in [3.8, 4) is 0 Å². The van der Waals surface area contributed by atoms with Gasteiger partial charge < -0.3 is 15.3 Å². The summed E-state index contributed by atoms with van der Waals surface area (Å²) in [6.07, 6.45) is 0. The van der Waals surface area contributed by atoms with Gasteiger partial charge in [-0.1, -0.05) is 18.2 Å². The number of nitrogens with zero attached hydrogens (tertiary/aromatic N) is 1. The highest BCUT2D eigenvalue weighted by Gasteiger charge is 2.17. The first-order chi connectivity index (χ1) is 8.82. The smallest absolute Gasteiger partial charge is 0.337 e. The molecule has 0 atom stereocenters. The molecule has 0 bridgehead atoms. The summed E-state index contributed by atoms with van der Waals surface area (Å²) in [7, 11) is 1.61. The van der Waals surface area contributed by atoms with Gasteiger partial charge >= 0.3 is 12.0 Å². The monoisotopic (exact) mass is 326 g/mol. The molecule has 102 valence electrons. The molecule has 19 heavy (non-hydrogen) atoms. The average molecular weight is 327 g/mol. The second-order valence-electron chi connectivity index (χ2n) is 4.21. The summed E-state index contributed by atoms with van der Waals surface area (Å²) < 4.78 is 0.518. The summed E-state index contributed by atoms with van der Waals surface area (Å²) >= 11 is 3.23. The van der Waals surface area contributed by atoms with Gasteiger partial charge in [0.1, 0.15) is 0 Å². The quantitative estimate of drug-likeness (QED) is 0.835. The van der Waals surface area contributed by atoms with E-state index in [2.05, 4.69) is 27.8 Å². The van der Waals surface area contributed by atoms with Gasteiger partial charge in [-0.05, 0) is 35.0 Å². The molecule has 0 aromatic heterocycles. The van der Waals surface area contributed by atoms with Gasteiger partial charge in [0, 0.05) is 18.1 Å². The molecule has 1 aromatic carbocycles. The lowest BCUT2D eigenvalue weighted by molar-refractivity contribution is 0.0698. The average Bonchev–Trinajstić information content (AvgIpc) is 2.30. The van der Waals surface area contributed by atoms with Crippen LogP contribution in [0.5, 0.6) is 0 Å². The molecule has 0 unspecified atom stereocenters. The summed E-state index contributed by atoms with van der Waals surface area (Å²) in [4.78, 5) is 24.5. The Balaban J connectivity index is 2.96. The Morgan fingerprint density at radius 1 is 1.47 bits per heavy atom. The van der Waals surface area contributed by atoms with Crippen molar-refractivity contribution in [1.82, 2.24) is 4.90 Å². The number of carbonyl (C=O) groups excluding carboxylic acids is 1. The summed E-state index contributed by atoms with van der Waals surface area (Å²) in [6, 6.07) is 4.31. The number of para-hydroxylation sites is 1. The molecule has 0 aliphatic heterocycles. The van der Waals surface area contributed by atoms with E-state index < -0.39 is 12.0 Å². The number of urea groups is 1. The highest BCUT2D eigenvalue weighted by atomic mass is 79.9. The second-order valence-corrected chi connectivity index (χ2v) is 5.07. The van der Waals surface area contributed by atoms with Gasteiger partial charge in [-0.25, -0.2) is 9.59 Å². The number of hydrogen-bond acceptors (Lipinski definition) is 2. The molecule has 0 radical (unpaired) electrons. The largest absolute Gasteiger partial charge is 0.478 e. The number of benzene rings is 1. The molecule has 2 amide bonds. The lowest BCUT2D eigenvalue weighted by atomic mass is 10.2. The fraction of sp³-hybridized carbons (Fsp3) is 0.231. The Hall–Kier alpha value is -1.82. The van der Waals surface area contributed by atoms with E-state index >= 15 is 0 Å². The number of carboxylic acid groups (broad SMARTS) is 1. The normalized spacial score (nSPS) is 9.84. The van der Waals surface area contributed by atoms with Crippen LogP contribution in [0.3, 0.4) is 0 Å². The van der Waals surface area contributed by atoms with Crippen molar-refractivity contribution in [2.24, 2.45) is 0 Å². The van der Waals surface area contributed by atoms with Crippen LogP contribution in [0.1, 0.15) is 17.3 Å². The zero-order valence-electron chi connectivity index (χ0n) is 10.7. The van der Waals surface area contributed by atoms with Crippen LogP contribution in [0, 0.1) is 0 Å². The zero-order valence-corrected chi connectivity index (χ0v) is 12.3. The first kappa shape index (κ1) is 15.2. The summed E-state index contributed by atoms with van der Waals surface area (Å²) in [6.45, 7) is 5.93. The third kappa shape index (κ3) is 4.10. The summed E-state index contributed by atoms with van der Waals surface area (Å²) in [5, 5.41) is 11.7. The van der Waals surface area contributed by atoms with Crippen LogP contribution >= 0.6 is 15.9 Å². The van der Waals surface area contributed by atoms with E-state index in [0.717, 1.165) is 5.57 Å². The molecule has 0 aliphatic rings. The maximum Gasteiger partial charge on any atom is 0.337 e. The number of nitrogens with one attached hydrogen (secondary N) is 1. The first-order valence-corrected chi connectivity index (χ1v) is 6.30. The Kier molecular flexibility index (Phi) is 5.11. The molecule has 1 aromatic rings. The molecule has 6 heteroatoms. The van der Waals surface area contributed by atoms with Gasteiger partial charge in [-0.15, -0.1) is 0 Å². The molecule has 0 fully saturated rings. The van der Waals surface area contributed by atoms with E-state index in [9.17, 15) is 9.59 Å². The molecular weight excluding hydrogens is 312 g/mol. The van der Waals surface area contributed by atoms with Crippen molar-refractivity contribution >= 4 is 33.6 Å². The number of rotatable bonds is 4. The number of carbonyl (C=O) groups is 2. The SMILES string of the molecule is C=C(C)CN(C)C(=O)Nc1c(Br)cccc1C(=O)O. The fourth-order valence-electron chi connectivity index (χ4n) is 1.51. The number of anilines is 1. The van der Waals surface area contributed by atoms with Crippen molar-refractivity contribution < 1.29 is 14.7 Å². The number of likely N-dealkylation sites (N-methyl/N-ethyl adjacent to an activating group) is 1. The van der Waals surface area contributed by atoms with Crippen LogP contribution in [0.25, 0.3) is 0 Å². The molecule has 0 aliphatic carbocycles. The highest BCUT2D eigenvalue weighted by molar-refractivity contribution is 9.10. The van der Waals surface area contributed by atoms with Crippen LogP contribution in [0.2, 0.25) is 0 Å². The lowest BCUT2D eigenvalue weighted by Gasteiger charge is -2.19. The van der Waals surface area contributed by atoms with Crippen molar-refractivity contribution in [3.05, 3.63) is 40.4 Å². The van der Waals surface area contributed by atoms with Crippen LogP contribution in [-0.4, -0.2) is 35.6 Å². The topological polar surface area (TPSA) is 69.6 Å². The minimum atomic E-state index is -1.10. The zero-order chi connectivity index (χ0) is 14.6. The van der Waals surface area contributed by atoms with Crippen LogP contribution in [0.15, 0.2) is 34.8 Å². The Labute approximate surface area is 120 Å². The van der Waals surface area contributed by atoms with Crippen molar-refractivity contribution in [1.29, 1.82) is 0 Å². The number of amides is 2. The fourth-order valence-corrected chi connectivity index (χ4v) is 1.97. The Morgan fingerprint density at radius 3 is 2.63 bits per heavy atom. The van der Waals surface area contributed by atoms with E-state index in [1.807, 2.05) is 6.92 Å². The third-order valence-corrected chi connectivity index (χ3v) is 2.99. The van der Waals surface area contributed by atoms with Gasteiger partial charge in [0.15, 0.2) is 0 Å². The van der Waals surface area contributed by atoms with Gasteiger partial charge in [-0.3, -0.25) is 0 Å². The molecule has 5 nitrogen and oxygen atoms in total. The number of hydrogen-bond donors (Lipinski definition) is 2. The minimum absolute atomic E-state index is 0.0338. The van der Waals surface area contributed by atoms with Crippen molar-refractivity contribution in [2.45, 2.75) is 6.92 Å². The Bertz CT molecular complexity index is 529. The van der Waals surface area contributed by atoms with Crippen LogP contribution < -0.4 is 5.32 Å². The van der Waals surface area contributed by atoms with Gasteiger partial charge in [0.05, 0.1) is 11.3 Å². The lowest BCUT2D eigenvalue weighted by Crippen LogP contribution is -2.33. The summed E-state index contributed by atoms with van der Waals surface area (Å²) in [5.41, 5.74) is 1.11. The first-order valence-electron chi connectivity index (χ1n) is 5.51. The van der Waals surface area contributed by atoms with E-state index in [0.29, 0.717) is 11.0 Å². The second kappa shape index (κ2) is 6.38. The molecule has 1 rings (SSSR count). The maximum absolute atomic E-state index is 11.9. The highest BCUT2D eigenvalue weighted by Crippen LogP contribution is 2.26. The Morgan fingerprint density at radius 2 is 2.11 bits per heavy atom. The van der Waals surface area contributed by atoms with E-state index in [-0.39, 0.29) is 11.3 Å². The molecular formula is C13H15BrN2O3. The molecule has 0 saturated carbocycles. The van der Waals surface area contributed by atoms with Gasteiger partial charge in [-0.2, -0.15) is 0 Å². The molecule has 2 N–H and O–H groups in total. The molecule has 0 saturated heterocycles. The standard InChI is InChI=1S/C13H15BrN2O3/c1-8(2)7-16(3)13(19)15-11-9(12(17)18)5-4-6-10(11)14/h4-6H,1,7H2,2-3H3,(H,15,19)(H,17,18). The number of aromatic carboxylic acids is 1. The predicted molar refractivity (Wildman–Crippen MR) is 77.6 cm³/mol. The maximum atomic E-state index is 11.9. The molecule has 0 spiro atoms. The third-order valence-electron chi connectivity index (χ3n) is 2.33. The predicted octanol–water partition coefficient (Wildman–Crippen LogP) is 3.19. The van der Waals surface area contributed by atoms with Crippen molar-refractivity contribution in [3.63, 3.8) is 0 Å². The number of carboxylic acids is 1. The minimum Gasteiger partial charge on any atom is -0.478 e. The van der Waals surface area contributed by atoms with Crippen LogP contribution in [-0.2, 0) is 0 Å². The molecule has 0 heterocycles. The van der Waals surface area contributed by atoms with E-state index in [4.69, 9.17) is 5.11 Å². The summed E-state index contributed by atoms with van der Waals surface area (Å²) in [5.74, 6) is -1.10. The van der Waals surface area contributed by atoms with Gasteiger partial charge in [0.2, 0.25) is 0 Å². The van der Waals surface area contributed by atoms with Crippen molar-refractivity contribution in [2.75, 3.05) is 18.9 Å².